The maximum absolute atomic E-state index is 13.7. The molecule has 2 aliphatic rings. The SMILES string of the molecule is CCN1C(=O)c2cccc3c(S(=O)(=O)N4CCCc5ccccc54)ccc1c23. The van der Waals surface area contributed by atoms with E-state index >= 15 is 0 Å². The van der Waals surface area contributed by atoms with Crippen molar-refractivity contribution in [2.45, 2.75) is 24.7 Å². The number of sulfonamides is 1. The Morgan fingerprint density at radius 3 is 2.61 bits per heavy atom. The molecular weight excluding hydrogens is 372 g/mol. The molecule has 5 nitrogen and oxygen atoms in total. The van der Waals surface area contributed by atoms with Gasteiger partial charge in [-0.3, -0.25) is 9.10 Å². The van der Waals surface area contributed by atoms with Crippen LogP contribution in [0.3, 0.4) is 0 Å². The number of anilines is 2. The van der Waals surface area contributed by atoms with Crippen LogP contribution >= 0.6 is 0 Å². The van der Waals surface area contributed by atoms with Gasteiger partial charge >= 0.3 is 0 Å². The molecule has 3 aromatic carbocycles. The van der Waals surface area contributed by atoms with E-state index in [-0.39, 0.29) is 10.8 Å². The predicted octanol–water partition coefficient (Wildman–Crippen LogP) is 3.96. The second kappa shape index (κ2) is 6.07. The average Bonchev–Trinajstić information content (AvgIpc) is 3.00. The number of carbonyl (C=O) groups excluding carboxylic acids is 1. The minimum Gasteiger partial charge on any atom is -0.308 e. The van der Waals surface area contributed by atoms with Gasteiger partial charge in [0.05, 0.1) is 16.3 Å². The standard InChI is InChI=1S/C22H20N2O3S/c1-2-23-19-12-13-20(16-9-5-10-17(21(16)19)22(23)25)28(26,27)24-14-6-8-15-7-3-4-11-18(15)24/h3-5,7,9-13H,2,6,8,14H2,1H3. The van der Waals surface area contributed by atoms with Gasteiger partial charge in [0.2, 0.25) is 0 Å². The fourth-order valence-electron chi connectivity index (χ4n) is 4.43. The Bertz CT molecular complexity index is 1230. The molecule has 3 aromatic rings. The van der Waals surface area contributed by atoms with E-state index in [1.165, 1.54) is 4.31 Å². The Balaban J connectivity index is 1.74. The van der Waals surface area contributed by atoms with Crippen LogP contribution in [-0.2, 0) is 16.4 Å². The van der Waals surface area contributed by atoms with Crippen LogP contribution < -0.4 is 9.21 Å². The molecule has 2 heterocycles. The Morgan fingerprint density at radius 2 is 1.79 bits per heavy atom. The number of amides is 1. The lowest BCUT2D eigenvalue weighted by molar-refractivity contribution is 0.0994. The number of hydrogen-bond acceptors (Lipinski definition) is 3. The van der Waals surface area contributed by atoms with Gasteiger partial charge in [-0.2, -0.15) is 0 Å². The minimum atomic E-state index is -3.75. The van der Waals surface area contributed by atoms with Gasteiger partial charge in [-0.05, 0) is 49.6 Å². The van der Waals surface area contributed by atoms with Crippen LogP contribution in [0.25, 0.3) is 10.8 Å². The summed E-state index contributed by atoms with van der Waals surface area (Å²) in [5.41, 5.74) is 3.17. The van der Waals surface area contributed by atoms with Gasteiger partial charge in [0.25, 0.3) is 15.9 Å². The van der Waals surface area contributed by atoms with Crippen molar-refractivity contribution in [3.05, 3.63) is 65.7 Å². The molecule has 5 rings (SSSR count). The van der Waals surface area contributed by atoms with Gasteiger partial charge in [-0.15, -0.1) is 0 Å². The number of nitrogens with zero attached hydrogens (tertiary/aromatic N) is 2. The van der Waals surface area contributed by atoms with Gasteiger partial charge in [0, 0.05) is 29.4 Å². The largest absolute Gasteiger partial charge is 0.308 e. The average molecular weight is 392 g/mol. The van der Waals surface area contributed by atoms with E-state index in [1.807, 2.05) is 31.2 Å². The number of rotatable bonds is 3. The first-order valence-electron chi connectivity index (χ1n) is 9.52. The van der Waals surface area contributed by atoms with Crippen LogP contribution in [0, 0.1) is 0 Å². The summed E-state index contributed by atoms with van der Waals surface area (Å²) in [5.74, 6) is -0.0685. The Kier molecular flexibility index (Phi) is 3.74. The summed E-state index contributed by atoms with van der Waals surface area (Å²) in [5, 5.41) is 1.35. The monoisotopic (exact) mass is 392 g/mol. The summed E-state index contributed by atoms with van der Waals surface area (Å²) in [4.78, 5) is 14.7. The normalized spacial score (nSPS) is 16.0. The van der Waals surface area contributed by atoms with Crippen LogP contribution in [0.2, 0.25) is 0 Å². The van der Waals surface area contributed by atoms with Gasteiger partial charge in [-0.25, -0.2) is 8.42 Å². The highest BCUT2D eigenvalue weighted by Crippen LogP contribution is 2.41. The molecule has 0 unspecified atom stereocenters. The number of carbonyl (C=O) groups is 1. The van der Waals surface area contributed by atoms with Crippen molar-refractivity contribution in [3.63, 3.8) is 0 Å². The van der Waals surface area contributed by atoms with Crippen molar-refractivity contribution >= 4 is 38.1 Å². The molecule has 0 spiro atoms. The Hall–Kier alpha value is -2.86. The molecule has 0 atom stereocenters. The van der Waals surface area contributed by atoms with Gasteiger partial charge in [0.1, 0.15) is 0 Å². The fourth-order valence-corrected chi connectivity index (χ4v) is 6.16. The van der Waals surface area contributed by atoms with E-state index in [2.05, 4.69) is 0 Å². The van der Waals surface area contributed by atoms with Gasteiger partial charge < -0.3 is 4.90 Å². The van der Waals surface area contributed by atoms with E-state index in [9.17, 15) is 13.2 Å². The molecular formula is C22H20N2O3S. The van der Waals surface area contributed by atoms with Crippen LogP contribution in [0.1, 0.15) is 29.3 Å². The van der Waals surface area contributed by atoms with Crippen molar-refractivity contribution in [1.82, 2.24) is 0 Å². The van der Waals surface area contributed by atoms with E-state index in [0.717, 1.165) is 35.2 Å². The number of hydrogen-bond donors (Lipinski definition) is 0. The van der Waals surface area contributed by atoms with E-state index in [1.54, 1.807) is 35.2 Å². The van der Waals surface area contributed by atoms with Crippen LogP contribution in [0.5, 0.6) is 0 Å². The zero-order chi connectivity index (χ0) is 19.5. The molecule has 0 aromatic heterocycles. The maximum Gasteiger partial charge on any atom is 0.264 e. The quantitative estimate of drug-likeness (QED) is 0.678. The second-order valence-electron chi connectivity index (χ2n) is 7.17. The molecule has 1 amide bonds. The predicted molar refractivity (Wildman–Crippen MR) is 111 cm³/mol. The highest BCUT2D eigenvalue weighted by molar-refractivity contribution is 7.93. The van der Waals surface area contributed by atoms with Crippen molar-refractivity contribution in [1.29, 1.82) is 0 Å². The third kappa shape index (κ3) is 2.24. The van der Waals surface area contributed by atoms with Crippen molar-refractivity contribution in [2.75, 3.05) is 22.3 Å². The van der Waals surface area contributed by atoms with Gasteiger partial charge in [0.15, 0.2) is 0 Å². The molecule has 28 heavy (non-hydrogen) atoms. The Morgan fingerprint density at radius 1 is 0.964 bits per heavy atom. The van der Waals surface area contributed by atoms with Crippen molar-refractivity contribution in [3.8, 4) is 0 Å². The molecule has 0 bridgehead atoms. The number of para-hydroxylation sites is 1. The Labute approximate surface area is 164 Å². The highest BCUT2D eigenvalue weighted by atomic mass is 32.2. The number of aryl methyl sites for hydroxylation is 1. The van der Waals surface area contributed by atoms with Crippen LogP contribution in [0.15, 0.2) is 59.5 Å². The lowest BCUT2D eigenvalue weighted by Crippen LogP contribution is -2.35. The first kappa shape index (κ1) is 17.3. The summed E-state index contributed by atoms with van der Waals surface area (Å²) in [7, 11) is -3.75. The number of fused-ring (bicyclic) bond motifs is 1. The summed E-state index contributed by atoms with van der Waals surface area (Å²) in [6.45, 7) is 2.93. The molecule has 142 valence electrons. The van der Waals surface area contributed by atoms with E-state index in [0.29, 0.717) is 24.0 Å². The maximum atomic E-state index is 13.7. The third-order valence-corrected chi connectivity index (χ3v) is 7.57. The first-order chi connectivity index (χ1) is 13.5. The number of benzene rings is 3. The van der Waals surface area contributed by atoms with Crippen molar-refractivity contribution in [2.24, 2.45) is 0 Å². The fraction of sp³-hybridized carbons (Fsp3) is 0.227. The molecule has 0 saturated heterocycles. The first-order valence-corrected chi connectivity index (χ1v) is 11.0. The summed E-state index contributed by atoms with van der Waals surface area (Å²) < 4.78 is 28.9. The third-order valence-electron chi connectivity index (χ3n) is 5.70. The summed E-state index contributed by atoms with van der Waals surface area (Å²) in [6, 6.07) is 16.4. The molecule has 0 fully saturated rings. The second-order valence-corrected chi connectivity index (χ2v) is 9.00. The summed E-state index contributed by atoms with van der Waals surface area (Å²) in [6.07, 6.45) is 1.67. The van der Waals surface area contributed by atoms with Gasteiger partial charge in [-0.1, -0.05) is 30.3 Å². The van der Waals surface area contributed by atoms with E-state index in [4.69, 9.17) is 0 Å². The zero-order valence-corrected chi connectivity index (χ0v) is 16.4. The lowest BCUT2D eigenvalue weighted by atomic mass is 10.0. The molecule has 6 heteroatoms. The van der Waals surface area contributed by atoms with Crippen molar-refractivity contribution < 1.29 is 13.2 Å². The van der Waals surface area contributed by atoms with Crippen LogP contribution in [0.4, 0.5) is 11.4 Å². The zero-order valence-electron chi connectivity index (χ0n) is 15.6. The molecule has 0 aliphatic carbocycles. The minimum absolute atomic E-state index is 0.0685. The van der Waals surface area contributed by atoms with Crippen LogP contribution in [-0.4, -0.2) is 27.4 Å². The summed E-state index contributed by atoms with van der Waals surface area (Å²) >= 11 is 0. The molecule has 0 N–H and O–H groups in total. The molecule has 0 radical (unpaired) electrons. The molecule has 2 aliphatic heterocycles. The lowest BCUT2D eigenvalue weighted by Gasteiger charge is -2.31. The highest BCUT2D eigenvalue weighted by Gasteiger charge is 2.34. The molecule has 0 saturated carbocycles. The topological polar surface area (TPSA) is 57.7 Å². The van der Waals surface area contributed by atoms with E-state index < -0.39 is 10.0 Å². The smallest absolute Gasteiger partial charge is 0.264 e.